The number of hydrogen-bond acceptors (Lipinski definition) is 5. The highest BCUT2D eigenvalue weighted by molar-refractivity contribution is 7.85. The van der Waals surface area contributed by atoms with E-state index in [9.17, 15) is 4.21 Å². The number of hydrogen-bond donors (Lipinski definition) is 0. The van der Waals surface area contributed by atoms with Crippen molar-refractivity contribution in [2.24, 2.45) is 0 Å². The predicted octanol–water partition coefficient (Wildman–Crippen LogP) is 2.30. The molecule has 0 spiro atoms. The summed E-state index contributed by atoms with van der Waals surface area (Å²) in [5, 5.41) is 0. The number of nitrogens with zero attached hydrogens (tertiary/aromatic N) is 3. The summed E-state index contributed by atoms with van der Waals surface area (Å²) in [6.45, 7) is 5.61. The first-order valence-corrected chi connectivity index (χ1v) is 9.71. The van der Waals surface area contributed by atoms with Crippen molar-refractivity contribution in [3.8, 4) is 0 Å². The molecule has 1 aromatic carbocycles. The lowest BCUT2D eigenvalue weighted by atomic mass is 10.2. The lowest BCUT2D eigenvalue weighted by Crippen LogP contribution is -2.35. The van der Waals surface area contributed by atoms with Crippen molar-refractivity contribution in [2.45, 2.75) is 30.8 Å². The average Bonchev–Trinajstić information content (AvgIpc) is 3.22. The first-order chi connectivity index (χ1) is 11.6. The van der Waals surface area contributed by atoms with Crippen LogP contribution in [0.4, 0.5) is 0 Å². The fraction of sp³-hybridized carbons (Fsp3) is 0.500. The second-order valence-electron chi connectivity index (χ2n) is 6.39. The summed E-state index contributed by atoms with van der Waals surface area (Å²) in [6.07, 6.45) is 2.90. The Labute approximate surface area is 146 Å². The zero-order valence-corrected chi connectivity index (χ0v) is 15.2. The first-order valence-electron chi connectivity index (χ1n) is 8.39. The normalized spacial score (nSPS) is 19.9. The van der Waals surface area contributed by atoms with Crippen molar-refractivity contribution >= 4 is 10.8 Å². The largest absolute Gasteiger partial charge is 0.445 e. The molecule has 2 aromatic rings. The molecule has 0 aliphatic carbocycles. The summed E-state index contributed by atoms with van der Waals surface area (Å²) in [7, 11) is 1.21. The van der Waals surface area contributed by atoms with Gasteiger partial charge in [0, 0.05) is 29.8 Å². The zero-order valence-electron chi connectivity index (χ0n) is 14.4. The molecule has 2 atom stereocenters. The SMILES string of the molecule is Cc1cnc(CN(C)[C@H]2CCN(CC[S@@](=O)c3ccccc3)C2)o1. The van der Waals surface area contributed by atoms with Gasteiger partial charge < -0.3 is 9.32 Å². The standard InChI is InChI=1S/C18H25N3O2S/c1-15-12-19-18(23-15)14-20(2)16-8-9-21(13-16)10-11-24(22)17-6-4-3-5-7-17/h3-7,12,16H,8-11,13-14H2,1-2H3/t16-,24+/m0/s1. The van der Waals surface area contributed by atoms with E-state index in [-0.39, 0.29) is 0 Å². The van der Waals surface area contributed by atoms with Gasteiger partial charge in [0.15, 0.2) is 0 Å². The molecule has 130 valence electrons. The van der Waals surface area contributed by atoms with Crippen molar-refractivity contribution in [2.75, 3.05) is 32.4 Å². The van der Waals surface area contributed by atoms with Gasteiger partial charge in [-0.3, -0.25) is 9.11 Å². The van der Waals surface area contributed by atoms with E-state index < -0.39 is 10.8 Å². The second-order valence-corrected chi connectivity index (χ2v) is 7.96. The fourth-order valence-corrected chi connectivity index (χ4v) is 4.21. The van der Waals surface area contributed by atoms with Crippen LogP contribution in [0.25, 0.3) is 0 Å². The van der Waals surface area contributed by atoms with Gasteiger partial charge >= 0.3 is 0 Å². The third-order valence-corrected chi connectivity index (χ3v) is 5.87. The maximum Gasteiger partial charge on any atom is 0.208 e. The van der Waals surface area contributed by atoms with Gasteiger partial charge in [0.1, 0.15) is 5.76 Å². The van der Waals surface area contributed by atoms with Crippen LogP contribution in [0.3, 0.4) is 0 Å². The number of likely N-dealkylation sites (N-methyl/N-ethyl adjacent to an activating group) is 1. The number of oxazole rings is 1. The fourth-order valence-electron chi connectivity index (χ4n) is 3.09. The molecule has 24 heavy (non-hydrogen) atoms. The van der Waals surface area contributed by atoms with E-state index >= 15 is 0 Å². The van der Waals surface area contributed by atoms with Crippen molar-refractivity contribution in [1.82, 2.24) is 14.8 Å². The highest BCUT2D eigenvalue weighted by Crippen LogP contribution is 2.17. The van der Waals surface area contributed by atoms with Crippen LogP contribution in [0.15, 0.2) is 45.8 Å². The molecular weight excluding hydrogens is 322 g/mol. The van der Waals surface area contributed by atoms with Crippen molar-refractivity contribution in [1.29, 1.82) is 0 Å². The zero-order chi connectivity index (χ0) is 16.9. The minimum atomic E-state index is -0.910. The predicted molar refractivity (Wildman–Crippen MR) is 95.3 cm³/mol. The van der Waals surface area contributed by atoms with Crippen molar-refractivity contribution < 1.29 is 8.63 Å². The molecule has 3 rings (SSSR count). The third kappa shape index (κ3) is 4.53. The molecule has 5 nitrogen and oxygen atoms in total. The Morgan fingerprint density at radius 3 is 2.88 bits per heavy atom. The van der Waals surface area contributed by atoms with Gasteiger partial charge in [-0.2, -0.15) is 0 Å². The molecule has 1 saturated heterocycles. The van der Waals surface area contributed by atoms with Crippen LogP contribution in [-0.4, -0.2) is 57.5 Å². The van der Waals surface area contributed by atoms with Crippen LogP contribution < -0.4 is 0 Å². The van der Waals surface area contributed by atoms with Crippen molar-refractivity contribution in [3.63, 3.8) is 0 Å². The quantitative estimate of drug-likeness (QED) is 0.769. The smallest absolute Gasteiger partial charge is 0.208 e. The average molecular weight is 347 g/mol. The second kappa shape index (κ2) is 8.05. The number of rotatable bonds is 7. The maximum atomic E-state index is 12.3. The molecule has 0 radical (unpaired) electrons. The Kier molecular flexibility index (Phi) is 5.81. The Hall–Kier alpha value is -1.50. The topological polar surface area (TPSA) is 49.6 Å². The molecule has 0 saturated carbocycles. The van der Waals surface area contributed by atoms with Crippen LogP contribution in [0, 0.1) is 6.92 Å². The minimum Gasteiger partial charge on any atom is -0.445 e. The van der Waals surface area contributed by atoms with Crippen molar-refractivity contribution in [3.05, 3.63) is 48.2 Å². The summed E-state index contributed by atoms with van der Waals surface area (Å²) in [5.41, 5.74) is 0. The van der Waals surface area contributed by atoms with Gasteiger partial charge in [0.2, 0.25) is 5.89 Å². The number of aromatic nitrogens is 1. The summed E-state index contributed by atoms with van der Waals surface area (Å²) in [5.74, 6) is 2.33. The van der Waals surface area contributed by atoms with E-state index in [1.165, 1.54) is 0 Å². The summed E-state index contributed by atoms with van der Waals surface area (Å²) < 4.78 is 17.9. The highest BCUT2D eigenvalue weighted by Gasteiger charge is 2.26. The molecule has 6 heteroatoms. The number of likely N-dealkylation sites (tertiary alicyclic amines) is 1. The van der Waals surface area contributed by atoms with E-state index in [0.717, 1.165) is 49.1 Å². The van der Waals surface area contributed by atoms with Gasteiger partial charge in [0.05, 0.1) is 23.5 Å². The Morgan fingerprint density at radius 1 is 1.38 bits per heavy atom. The molecule has 1 fully saturated rings. The van der Waals surface area contributed by atoms with E-state index in [0.29, 0.717) is 11.8 Å². The molecular formula is C18H25N3O2S. The van der Waals surface area contributed by atoms with Gasteiger partial charge in [0.25, 0.3) is 0 Å². The first kappa shape index (κ1) is 17.3. The molecule has 0 unspecified atom stereocenters. The lowest BCUT2D eigenvalue weighted by Gasteiger charge is -2.23. The van der Waals surface area contributed by atoms with Crippen LogP contribution >= 0.6 is 0 Å². The summed E-state index contributed by atoms with van der Waals surface area (Å²) in [4.78, 5) is 9.91. The van der Waals surface area contributed by atoms with E-state index in [2.05, 4.69) is 21.8 Å². The molecule has 1 aliphatic heterocycles. The monoisotopic (exact) mass is 347 g/mol. The number of benzene rings is 1. The summed E-state index contributed by atoms with van der Waals surface area (Å²) >= 11 is 0. The third-order valence-electron chi connectivity index (χ3n) is 4.52. The van der Waals surface area contributed by atoms with Crippen LogP contribution in [0.5, 0.6) is 0 Å². The lowest BCUT2D eigenvalue weighted by molar-refractivity contribution is 0.208. The molecule has 0 N–H and O–H groups in total. The Morgan fingerprint density at radius 2 is 2.17 bits per heavy atom. The summed E-state index contributed by atoms with van der Waals surface area (Å²) in [6, 6.07) is 10.2. The van der Waals surface area contributed by atoms with Gasteiger partial charge in [-0.05, 0) is 39.1 Å². The van der Waals surface area contributed by atoms with Gasteiger partial charge in [-0.1, -0.05) is 18.2 Å². The molecule has 2 heterocycles. The Balaban J connectivity index is 1.44. The highest BCUT2D eigenvalue weighted by atomic mass is 32.2. The molecule has 0 amide bonds. The van der Waals surface area contributed by atoms with E-state index in [1.54, 1.807) is 6.20 Å². The van der Waals surface area contributed by atoms with E-state index in [4.69, 9.17) is 4.42 Å². The van der Waals surface area contributed by atoms with Gasteiger partial charge in [-0.15, -0.1) is 0 Å². The molecule has 1 aliphatic rings. The molecule has 1 aromatic heterocycles. The molecule has 0 bridgehead atoms. The maximum absolute atomic E-state index is 12.3. The Bertz CT molecular complexity index is 674. The minimum absolute atomic E-state index is 0.502. The van der Waals surface area contributed by atoms with Crippen LogP contribution in [-0.2, 0) is 17.3 Å². The van der Waals surface area contributed by atoms with Crippen LogP contribution in [0.2, 0.25) is 0 Å². The van der Waals surface area contributed by atoms with Gasteiger partial charge in [-0.25, -0.2) is 4.98 Å². The number of aryl methyl sites for hydroxylation is 1. The van der Waals surface area contributed by atoms with Crippen LogP contribution in [0.1, 0.15) is 18.1 Å². The van der Waals surface area contributed by atoms with E-state index in [1.807, 2.05) is 37.3 Å².